The average molecular weight is 243 g/mol. The fourth-order valence-corrected chi connectivity index (χ4v) is 1.63. The highest BCUT2D eigenvalue weighted by Crippen LogP contribution is 2.46. The van der Waals surface area contributed by atoms with Gasteiger partial charge in [0, 0.05) is 11.3 Å². The number of halogens is 6. The molecule has 0 aromatic rings. The molecule has 0 saturated heterocycles. The third-order valence-electron chi connectivity index (χ3n) is 1.06. The Labute approximate surface area is 84.0 Å². The molecule has 0 heterocycles. The zero-order valence-electron chi connectivity index (χ0n) is 6.47. The molecule has 0 aromatic carbocycles. The summed E-state index contributed by atoms with van der Waals surface area (Å²) in [6.07, 6.45) is -5.20. The number of rotatable bonds is 2. The molecule has 0 bridgehead atoms. The van der Waals surface area contributed by atoms with Gasteiger partial charge in [-0.25, -0.2) is 0 Å². The lowest BCUT2D eigenvalue weighted by molar-refractivity contribution is -0.143. The van der Waals surface area contributed by atoms with Gasteiger partial charge in [-0.15, -0.1) is 11.6 Å². The van der Waals surface area contributed by atoms with Gasteiger partial charge >= 0.3 is 6.18 Å². The van der Waals surface area contributed by atoms with Crippen LogP contribution in [0.1, 0.15) is 20.3 Å². The summed E-state index contributed by atoms with van der Waals surface area (Å²) in [7, 11) is 0. The lowest BCUT2D eigenvalue weighted by atomic mass is 10.1. The van der Waals surface area contributed by atoms with E-state index >= 15 is 0 Å². The summed E-state index contributed by atoms with van der Waals surface area (Å²) in [6, 6.07) is 0. The van der Waals surface area contributed by atoms with E-state index in [9.17, 15) is 13.2 Å². The summed E-state index contributed by atoms with van der Waals surface area (Å²) < 4.78 is 33.4. The molecular weight excluding hydrogens is 235 g/mol. The molecule has 0 nitrogen and oxygen atoms in total. The molecule has 0 aliphatic rings. The fourth-order valence-electron chi connectivity index (χ4n) is 0.628. The summed E-state index contributed by atoms with van der Waals surface area (Å²) in [5.41, 5.74) is 0. The van der Waals surface area contributed by atoms with Crippen LogP contribution >= 0.6 is 34.8 Å². The molecule has 0 atom stereocenters. The van der Waals surface area contributed by atoms with Crippen molar-refractivity contribution in [3.63, 3.8) is 0 Å². The second-order valence-electron chi connectivity index (χ2n) is 3.10. The molecule has 0 aromatic heterocycles. The van der Waals surface area contributed by atoms with Gasteiger partial charge in [0.05, 0.1) is 0 Å². The minimum absolute atomic E-state index is 0.547. The predicted molar refractivity (Wildman–Crippen MR) is 45.0 cm³/mol. The molecule has 0 aliphatic heterocycles. The van der Waals surface area contributed by atoms with E-state index in [1.165, 1.54) is 13.8 Å². The first-order valence-electron chi connectivity index (χ1n) is 3.09. The normalized spacial score (nSPS) is 15.0. The average Bonchev–Trinajstić information content (AvgIpc) is 1.52. The van der Waals surface area contributed by atoms with E-state index in [1.54, 1.807) is 0 Å². The third-order valence-corrected chi connectivity index (χ3v) is 1.89. The van der Waals surface area contributed by atoms with Crippen molar-refractivity contribution in [3.8, 4) is 0 Å². The molecule has 6 heteroatoms. The Hall–Kier alpha value is 0.660. The molecule has 0 saturated carbocycles. The highest BCUT2D eigenvalue weighted by molar-refractivity contribution is 6.49. The van der Waals surface area contributed by atoms with Crippen molar-refractivity contribution >= 4 is 34.8 Å². The lowest BCUT2D eigenvalue weighted by Crippen LogP contribution is -2.38. The monoisotopic (exact) mass is 242 g/mol. The third kappa shape index (κ3) is 4.06. The largest absolute Gasteiger partial charge is 0.421 e. The van der Waals surface area contributed by atoms with E-state index in [1.807, 2.05) is 0 Å². The topological polar surface area (TPSA) is 0 Å². The minimum Gasteiger partial charge on any atom is -0.168 e. The number of hydrogen-bond donors (Lipinski definition) is 0. The lowest BCUT2D eigenvalue weighted by Gasteiger charge is -2.28. The van der Waals surface area contributed by atoms with Crippen molar-refractivity contribution in [3.05, 3.63) is 0 Å². The van der Waals surface area contributed by atoms with Crippen molar-refractivity contribution in [1.29, 1.82) is 0 Å². The first-order chi connectivity index (χ1) is 4.96. The maximum Gasteiger partial charge on any atom is 0.421 e. The number of hydrogen-bond acceptors (Lipinski definition) is 0. The van der Waals surface area contributed by atoms with Crippen molar-refractivity contribution < 1.29 is 13.2 Å². The Morgan fingerprint density at radius 3 is 1.42 bits per heavy atom. The maximum absolute atomic E-state index is 12.0. The summed E-state index contributed by atoms with van der Waals surface area (Å²) in [5.74, 6) is 0. The summed E-state index contributed by atoms with van der Waals surface area (Å²) >= 11 is 15.7. The zero-order chi connectivity index (χ0) is 10.2. The smallest absolute Gasteiger partial charge is 0.168 e. The summed E-state index contributed by atoms with van der Waals surface area (Å²) in [6.45, 7) is 2.83. The molecule has 12 heavy (non-hydrogen) atoms. The van der Waals surface area contributed by atoms with Gasteiger partial charge in [0.25, 0.3) is 0 Å². The van der Waals surface area contributed by atoms with E-state index in [2.05, 4.69) is 0 Å². The zero-order valence-corrected chi connectivity index (χ0v) is 8.74. The number of alkyl halides is 6. The van der Waals surface area contributed by atoms with Gasteiger partial charge in [0.1, 0.15) is 0 Å². The first kappa shape index (κ1) is 12.7. The Balaban J connectivity index is 4.44. The van der Waals surface area contributed by atoms with Crippen LogP contribution in [0.25, 0.3) is 0 Å². The van der Waals surface area contributed by atoms with Gasteiger partial charge < -0.3 is 0 Å². The maximum atomic E-state index is 12.0. The van der Waals surface area contributed by atoms with Crippen LogP contribution in [0.2, 0.25) is 0 Å². The molecule has 0 N–H and O–H groups in total. The van der Waals surface area contributed by atoms with Crippen molar-refractivity contribution in [2.75, 3.05) is 0 Å². The van der Waals surface area contributed by atoms with E-state index in [0.29, 0.717) is 0 Å². The van der Waals surface area contributed by atoms with Gasteiger partial charge in [-0.2, -0.15) is 13.2 Å². The van der Waals surface area contributed by atoms with Gasteiger partial charge in [0.2, 0.25) is 4.33 Å². The second-order valence-corrected chi connectivity index (χ2v) is 5.60. The quantitative estimate of drug-likeness (QED) is 0.640. The highest BCUT2D eigenvalue weighted by Gasteiger charge is 2.54. The molecule has 0 rings (SSSR count). The van der Waals surface area contributed by atoms with E-state index in [0.717, 1.165) is 0 Å². The van der Waals surface area contributed by atoms with Crippen LogP contribution in [0.4, 0.5) is 13.2 Å². The molecule has 0 radical (unpaired) electrons. The van der Waals surface area contributed by atoms with Gasteiger partial charge in [-0.3, -0.25) is 0 Å². The standard InChI is InChI=1S/C6H8Cl3F3/c1-4(2,7)3-5(8,9)6(10,11)12/h3H2,1-2H3. The predicted octanol–water partition coefficient (Wildman–Crippen LogP) is 4.13. The van der Waals surface area contributed by atoms with Crippen LogP contribution < -0.4 is 0 Å². The summed E-state index contributed by atoms with van der Waals surface area (Å²) in [4.78, 5) is -1.07. The Kier molecular flexibility index (Phi) is 3.62. The molecular formula is C6H8Cl3F3. The first-order valence-corrected chi connectivity index (χ1v) is 4.22. The fraction of sp³-hybridized carbons (Fsp3) is 1.00. The Bertz CT molecular complexity index is 156. The van der Waals surface area contributed by atoms with Crippen LogP contribution in [0.5, 0.6) is 0 Å². The van der Waals surface area contributed by atoms with E-state index < -0.39 is 21.8 Å². The second kappa shape index (κ2) is 3.43. The summed E-state index contributed by atoms with van der Waals surface area (Å²) in [5, 5.41) is 0. The van der Waals surface area contributed by atoms with Crippen LogP contribution in [-0.2, 0) is 0 Å². The van der Waals surface area contributed by atoms with E-state index in [-0.39, 0.29) is 0 Å². The van der Waals surface area contributed by atoms with Crippen LogP contribution in [0.15, 0.2) is 0 Å². The minimum atomic E-state index is -4.65. The van der Waals surface area contributed by atoms with Gasteiger partial charge in [0.15, 0.2) is 0 Å². The molecule has 0 amide bonds. The Morgan fingerprint density at radius 1 is 1.00 bits per heavy atom. The molecule has 0 aliphatic carbocycles. The van der Waals surface area contributed by atoms with Crippen molar-refractivity contribution in [2.45, 2.75) is 35.7 Å². The molecule has 0 unspecified atom stereocenters. The van der Waals surface area contributed by atoms with Crippen molar-refractivity contribution in [1.82, 2.24) is 0 Å². The molecule has 0 fully saturated rings. The highest BCUT2D eigenvalue weighted by atomic mass is 35.5. The van der Waals surface area contributed by atoms with Crippen LogP contribution in [0.3, 0.4) is 0 Å². The van der Waals surface area contributed by atoms with E-state index in [4.69, 9.17) is 34.8 Å². The SMILES string of the molecule is CC(C)(Cl)CC(Cl)(Cl)C(F)(F)F. The molecule has 74 valence electrons. The van der Waals surface area contributed by atoms with Gasteiger partial charge in [-0.05, 0) is 13.8 Å². The van der Waals surface area contributed by atoms with Crippen LogP contribution in [-0.4, -0.2) is 15.4 Å². The van der Waals surface area contributed by atoms with Gasteiger partial charge in [-0.1, -0.05) is 23.2 Å². The van der Waals surface area contributed by atoms with Crippen LogP contribution in [0, 0.1) is 0 Å². The molecule has 0 spiro atoms. The van der Waals surface area contributed by atoms with Crippen molar-refractivity contribution in [2.24, 2.45) is 0 Å². The Morgan fingerprint density at radius 2 is 1.33 bits per heavy atom.